The summed E-state index contributed by atoms with van der Waals surface area (Å²) in [5.74, 6) is 2.47. The minimum absolute atomic E-state index is 0.0858. The molecule has 11 heteroatoms. The van der Waals surface area contributed by atoms with Gasteiger partial charge in [-0.05, 0) is 68.2 Å². The second kappa shape index (κ2) is 10.9. The van der Waals surface area contributed by atoms with Gasteiger partial charge in [-0.1, -0.05) is 0 Å². The Kier molecular flexibility index (Phi) is 7.28. The molecular weight excluding hydrogens is 476 g/mol. The van der Waals surface area contributed by atoms with E-state index in [9.17, 15) is 4.79 Å². The molecule has 186 valence electrons. The van der Waals surface area contributed by atoms with Gasteiger partial charge in [-0.2, -0.15) is 15.0 Å². The van der Waals surface area contributed by atoms with Crippen molar-refractivity contribution in [2.24, 2.45) is 4.99 Å². The van der Waals surface area contributed by atoms with Crippen molar-refractivity contribution in [1.82, 2.24) is 25.2 Å². The number of amidine groups is 1. The molecule has 3 aromatic rings. The second-order valence-electron chi connectivity index (χ2n) is 8.49. The van der Waals surface area contributed by atoms with Crippen LogP contribution in [0.3, 0.4) is 0 Å². The Balaban J connectivity index is 1.37. The molecule has 0 saturated carbocycles. The minimum Gasteiger partial charge on any atom is -0.465 e. The molecule has 5 rings (SSSR count). The summed E-state index contributed by atoms with van der Waals surface area (Å²) in [6.07, 6.45) is 3.60. The zero-order valence-corrected chi connectivity index (χ0v) is 21.1. The molecule has 1 saturated heterocycles. The number of likely N-dealkylation sites (N-methyl/N-ethyl adjacent to an activating group) is 1. The predicted molar refractivity (Wildman–Crippen MR) is 141 cm³/mol. The van der Waals surface area contributed by atoms with E-state index in [4.69, 9.17) is 14.4 Å². The van der Waals surface area contributed by atoms with Crippen LogP contribution in [0.15, 0.2) is 68.2 Å². The van der Waals surface area contributed by atoms with Crippen LogP contribution in [0, 0.1) is 0 Å². The quantitative estimate of drug-likeness (QED) is 0.501. The summed E-state index contributed by atoms with van der Waals surface area (Å²) in [6.45, 7) is 6.60. The number of piperazine rings is 1. The summed E-state index contributed by atoms with van der Waals surface area (Å²) in [7, 11) is 2.12. The predicted octanol–water partition coefficient (Wildman–Crippen LogP) is 3.02. The van der Waals surface area contributed by atoms with Crippen molar-refractivity contribution < 1.29 is 9.21 Å². The fourth-order valence-electron chi connectivity index (χ4n) is 3.86. The largest absolute Gasteiger partial charge is 0.465 e. The summed E-state index contributed by atoms with van der Waals surface area (Å²) in [5.41, 5.74) is 1.62. The third kappa shape index (κ3) is 5.74. The minimum atomic E-state index is -0.0858. The Morgan fingerprint density at radius 1 is 1.08 bits per heavy atom. The van der Waals surface area contributed by atoms with E-state index < -0.39 is 0 Å². The number of carbonyl (C=O) groups excluding carboxylic acids is 1. The van der Waals surface area contributed by atoms with Crippen LogP contribution in [0.1, 0.15) is 23.0 Å². The maximum Gasteiger partial charge on any atom is 0.251 e. The van der Waals surface area contributed by atoms with Crippen molar-refractivity contribution in [3.8, 4) is 0 Å². The molecular formula is C25H28N8O2S. The average Bonchev–Trinajstić information content (AvgIpc) is 3.57. The molecule has 36 heavy (non-hydrogen) atoms. The van der Waals surface area contributed by atoms with Crippen LogP contribution >= 0.6 is 11.8 Å². The smallest absolute Gasteiger partial charge is 0.251 e. The summed E-state index contributed by atoms with van der Waals surface area (Å²) in [6, 6.07) is 11.2. The van der Waals surface area contributed by atoms with Crippen molar-refractivity contribution >= 4 is 41.0 Å². The van der Waals surface area contributed by atoms with Gasteiger partial charge in [0, 0.05) is 48.8 Å². The zero-order valence-electron chi connectivity index (χ0n) is 20.3. The first kappa shape index (κ1) is 24.0. The fourth-order valence-corrected chi connectivity index (χ4v) is 4.61. The van der Waals surface area contributed by atoms with Gasteiger partial charge in [0.25, 0.3) is 5.91 Å². The molecule has 0 bridgehead atoms. The van der Waals surface area contributed by atoms with Gasteiger partial charge in [0.2, 0.25) is 11.9 Å². The Morgan fingerprint density at radius 3 is 2.61 bits per heavy atom. The summed E-state index contributed by atoms with van der Waals surface area (Å²) in [5, 5.41) is 6.64. The van der Waals surface area contributed by atoms with Gasteiger partial charge < -0.3 is 24.9 Å². The van der Waals surface area contributed by atoms with Crippen LogP contribution in [0.4, 0.5) is 11.9 Å². The first-order chi connectivity index (χ1) is 17.6. The van der Waals surface area contributed by atoms with Crippen molar-refractivity contribution in [1.29, 1.82) is 0 Å². The Labute approximate surface area is 213 Å². The fraction of sp³-hybridized carbons (Fsp3) is 0.320. The Bertz CT molecular complexity index is 1270. The van der Waals surface area contributed by atoms with E-state index >= 15 is 0 Å². The molecule has 0 radical (unpaired) electrons. The molecule has 4 heterocycles. The van der Waals surface area contributed by atoms with Gasteiger partial charge in [0.1, 0.15) is 11.6 Å². The maximum atomic E-state index is 12.1. The van der Waals surface area contributed by atoms with Crippen LogP contribution in [0.2, 0.25) is 0 Å². The number of benzene rings is 1. The lowest BCUT2D eigenvalue weighted by atomic mass is 10.2. The highest BCUT2D eigenvalue weighted by Crippen LogP contribution is 2.28. The SMILES string of the molecule is CCNC(=O)c1ccc(Sc2nc(NC3=NCC(c4ccco4)=C3)nc(N3CCN(C)CC3)n2)cc1. The first-order valence-electron chi connectivity index (χ1n) is 11.9. The van der Waals surface area contributed by atoms with E-state index in [1.807, 2.05) is 49.4 Å². The molecule has 2 N–H and O–H groups in total. The number of anilines is 2. The van der Waals surface area contributed by atoms with E-state index in [0.29, 0.717) is 41.5 Å². The summed E-state index contributed by atoms with van der Waals surface area (Å²) < 4.78 is 5.50. The highest BCUT2D eigenvalue weighted by Gasteiger charge is 2.20. The van der Waals surface area contributed by atoms with Crippen LogP contribution in [-0.2, 0) is 0 Å². The lowest BCUT2D eigenvalue weighted by molar-refractivity contribution is 0.0955. The highest BCUT2D eigenvalue weighted by atomic mass is 32.2. The van der Waals surface area contributed by atoms with Gasteiger partial charge in [0.05, 0.1) is 12.8 Å². The van der Waals surface area contributed by atoms with Crippen molar-refractivity contribution in [2.75, 3.05) is 56.5 Å². The topological polar surface area (TPSA) is 112 Å². The molecule has 10 nitrogen and oxygen atoms in total. The van der Waals surface area contributed by atoms with Gasteiger partial charge in [-0.15, -0.1) is 0 Å². The van der Waals surface area contributed by atoms with E-state index in [2.05, 4.69) is 37.5 Å². The Morgan fingerprint density at radius 2 is 1.89 bits per heavy atom. The van der Waals surface area contributed by atoms with E-state index in [1.165, 1.54) is 11.8 Å². The van der Waals surface area contributed by atoms with Gasteiger partial charge >= 0.3 is 0 Å². The molecule has 0 spiro atoms. The van der Waals surface area contributed by atoms with Gasteiger partial charge in [0.15, 0.2) is 5.16 Å². The first-order valence-corrected chi connectivity index (χ1v) is 12.7. The molecule has 0 aliphatic carbocycles. The van der Waals surface area contributed by atoms with E-state index in [0.717, 1.165) is 42.4 Å². The number of aliphatic imine (C=N–C) groups is 1. The average molecular weight is 505 g/mol. The van der Waals surface area contributed by atoms with E-state index in [-0.39, 0.29) is 5.91 Å². The summed E-state index contributed by atoms with van der Waals surface area (Å²) >= 11 is 1.43. The Hall–Kier alpha value is -3.70. The van der Waals surface area contributed by atoms with Crippen LogP contribution in [0.25, 0.3) is 5.57 Å². The third-order valence-corrected chi connectivity index (χ3v) is 6.73. The van der Waals surface area contributed by atoms with Crippen LogP contribution < -0.4 is 15.5 Å². The van der Waals surface area contributed by atoms with Crippen LogP contribution in [-0.4, -0.2) is 77.9 Å². The molecule has 2 aromatic heterocycles. The number of hydrogen-bond acceptors (Lipinski definition) is 10. The number of aromatic nitrogens is 3. The number of nitrogens with one attached hydrogen (secondary N) is 2. The van der Waals surface area contributed by atoms with Gasteiger partial charge in [-0.25, -0.2) is 0 Å². The number of rotatable bonds is 7. The number of hydrogen-bond donors (Lipinski definition) is 2. The zero-order chi connectivity index (χ0) is 24.9. The van der Waals surface area contributed by atoms with Crippen molar-refractivity contribution in [3.05, 3.63) is 60.1 Å². The summed E-state index contributed by atoms with van der Waals surface area (Å²) in [4.78, 5) is 36.2. The highest BCUT2D eigenvalue weighted by molar-refractivity contribution is 7.99. The lowest BCUT2D eigenvalue weighted by Gasteiger charge is -2.32. The molecule has 2 aliphatic heterocycles. The number of amides is 1. The van der Waals surface area contributed by atoms with Gasteiger partial charge in [-0.3, -0.25) is 9.79 Å². The number of nitrogens with zero attached hydrogens (tertiary/aromatic N) is 6. The molecule has 2 aliphatic rings. The molecule has 0 unspecified atom stereocenters. The van der Waals surface area contributed by atoms with Crippen molar-refractivity contribution in [2.45, 2.75) is 17.0 Å². The molecule has 0 atom stereocenters. The van der Waals surface area contributed by atoms with E-state index in [1.54, 1.807) is 6.26 Å². The monoisotopic (exact) mass is 504 g/mol. The third-order valence-electron chi connectivity index (χ3n) is 5.86. The standard InChI is InChI=1S/C25H28N8O2S/c1-3-26-22(34)17-6-8-19(9-7-17)36-25-30-23(29-24(31-25)33-12-10-32(2)11-13-33)28-21-15-18(16-27-21)20-5-4-14-35-20/h4-9,14-15H,3,10-13,16H2,1-2H3,(H,26,34)(H,27,28,29,30,31). The van der Waals surface area contributed by atoms with Crippen molar-refractivity contribution in [3.63, 3.8) is 0 Å². The maximum absolute atomic E-state index is 12.1. The number of furan rings is 1. The number of carbonyl (C=O) groups is 1. The van der Waals surface area contributed by atoms with Crippen LogP contribution in [0.5, 0.6) is 0 Å². The normalized spacial score (nSPS) is 16.0. The molecule has 1 aromatic carbocycles. The lowest BCUT2D eigenvalue weighted by Crippen LogP contribution is -2.45. The molecule has 1 amide bonds. The second-order valence-corrected chi connectivity index (χ2v) is 9.53. The molecule has 1 fully saturated rings.